The highest BCUT2D eigenvalue weighted by Crippen LogP contribution is 2.40. The number of benzene rings is 2. The minimum Gasteiger partial charge on any atom is -0.325 e. The lowest BCUT2D eigenvalue weighted by Crippen LogP contribution is -2.10. The third-order valence-electron chi connectivity index (χ3n) is 3.09. The van der Waals surface area contributed by atoms with Crippen molar-refractivity contribution in [2.24, 2.45) is 0 Å². The molecule has 0 aliphatic carbocycles. The highest BCUT2D eigenvalue weighted by atomic mass is 32.2. The van der Waals surface area contributed by atoms with Crippen LogP contribution in [0.1, 0.15) is 12.5 Å². The standard InChI is InChI=1S/C16H11F3N2OS2/c1-9(22)20-12-8-10(16(17,18)19)6-7-14(12)24-15-21-11-4-2-3-5-13(11)23-15/h2-8H,1H3,(H,20,22). The molecular weight excluding hydrogens is 357 g/mol. The largest absolute Gasteiger partial charge is 0.416 e. The van der Waals surface area contributed by atoms with Gasteiger partial charge >= 0.3 is 6.18 Å². The van der Waals surface area contributed by atoms with E-state index in [9.17, 15) is 18.0 Å². The Morgan fingerprint density at radius 3 is 2.62 bits per heavy atom. The molecule has 0 aliphatic heterocycles. The molecule has 3 nitrogen and oxygen atoms in total. The van der Waals surface area contributed by atoms with Gasteiger partial charge in [0.05, 0.1) is 21.5 Å². The average Bonchev–Trinajstić information content (AvgIpc) is 2.89. The number of thiazole rings is 1. The molecule has 1 N–H and O–H groups in total. The Kier molecular flexibility index (Phi) is 4.51. The van der Waals surface area contributed by atoms with Gasteiger partial charge in [-0.25, -0.2) is 4.98 Å². The topological polar surface area (TPSA) is 42.0 Å². The number of amides is 1. The van der Waals surface area contributed by atoms with Crippen molar-refractivity contribution in [3.63, 3.8) is 0 Å². The zero-order valence-electron chi connectivity index (χ0n) is 12.3. The summed E-state index contributed by atoms with van der Waals surface area (Å²) in [5, 5.41) is 2.46. The molecule has 0 saturated carbocycles. The number of carbonyl (C=O) groups excluding carboxylic acids is 1. The van der Waals surface area contributed by atoms with Crippen LogP contribution in [-0.4, -0.2) is 10.9 Å². The van der Waals surface area contributed by atoms with Gasteiger partial charge in [0, 0.05) is 11.8 Å². The number of anilines is 1. The van der Waals surface area contributed by atoms with Crippen molar-refractivity contribution < 1.29 is 18.0 Å². The fourth-order valence-electron chi connectivity index (χ4n) is 2.07. The number of hydrogen-bond donors (Lipinski definition) is 1. The lowest BCUT2D eigenvalue weighted by molar-refractivity contribution is -0.137. The minimum atomic E-state index is -4.47. The van der Waals surface area contributed by atoms with Crippen molar-refractivity contribution in [2.45, 2.75) is 22.3 Å². The summed E-state index contributed by atoms with van der Waals surface area (Å²) < 4.78 is 40.3. The molecule has 0 atom stereocenters. The Balaban J connectivity index is 1.97. The second-order valence-electron chi connectivity index (χ2n) is 4.94. The average molecular weight is 368 g/mol. The first-order valence-corrected chi connectivity index (χ1v) is 8.48. The summed E-state index contributed by atoms with van der Waals surface area (Å²) in [6, 6.07) is 10.9. The number of rotatable bonds is 3. The summed E-state index contributed by atoms with van der Waals surface area (Å²) in [5.74, 6) is -0.430. The van der Waals surface area contributed by atoms with E-state index in [0.29, 0.717) is 9.24 Å². The van der Waals surface area contributed by atoms with Crippen LogP contribution in [-0.2, 0) is 11.0 Å². The first-order chi connectivity index (χ1) is 11.3. The number of nitrogens with one attached hydrogen (secondary N) is 1. The molecule has 3 aromatic rings. The van der Waals surface area contributed by atoms with Crippen molar-refractivity contribution in [3.8, 4) is 0 Å². The van der Waals surface area contributed by atoms with E-state index < -0.39 is 17.6 Å². The van der Waals surface area contributed by atoms with Crippen LogP contribution < -0.4 is 5.32 Å². The molecule has 24 heavy (non-hydrogen) atoms. The highest BCUT2D eigenvalue weighted by molar-refractivity contribution is 8.01. The number of carbonyl (C=O) groups is 1. The van der Waals surface area contributed by atoms with Crippen molar-refractivity contribution in [2.75, 3.05) is 5.32 Å². The van der Waals surface area contributed by atoms with Gasteiger partial charge in [0.1, 0.15) is 0 Å². The number of fused-ring (bicyclic) bond motifs is 1. The van der Waals surface area contributed by atoms with E-state index >= 15 is 0 Å². The predicted octanol–water partition coefficient (Wildman–Crippen LogP) is 5.42. The van der Waals surface area contributed by atoms with Gasteiger partial charge in [0.2, 0.25) is 5.91 Å². The third kappa shape index (κ3) is 3.70. The summed E-state index contributed by atoms with van der Waals surface area (Å²) >= 11 is 2.67. The van der Waals surface area contributed by atoms with Crippen LogP contribution in [0.4, 0.5) is 18.9 Å². The zero-order chi connectivity index (χ0) is 17.3. The molecule has 0 unspecified atom stereocenters. The van der Waals surface area contributed by atoms with Crippen LogP contribution in [0.15, 0.2) is 51.7 Å². The first kappa shape index (κ1) is 16.8. The molecule has 1 heterocycles. The van der Waals surface area contributed by atoms with E-state index in [-0.39, 0.29) is 5.69 Å². The van der Waals surface area contributed by atoms with Gasteiger partial charge in [-0.15, -0.1) is 11.3 Å². The summed E-state index contributed by atoms with van der Waals surface area (Å²) in [7, 11) is 0. The minimum absolute atomic E-state index is 0.126. The summed E-state index contributed by atoms with van der Waals surface area (Å²) in [6.45, 7) is 1.26. The van der Waals surface area contributed by atoms with Crippen molar-refractivity contribution >= 4 is 44.9 Å². The Labute approximate surface area is 143 Å². The van der Waals surface area contributed by atoms with Crippen LogP contribution in [0.5, 0.6) is 0 Å². The van der Waals surface area contributed by atoms with Crippen molar-refractivity contribution in [1.29, 1.82) is 0 Å². The van der Waals surface area contributed by atoms with Gasteiger partial charge in [0.15, 0.2) is 4.34 Å². The Morgan fingerprint density at radius 2 is 1.96 bits per heavy atom. The number of alkyl halides is 3. The summed E-state index contributed by atoms with van der Waals surface area (Å²) in [4.78, 5) is 16.3. The summed E-state index contributed by atoms with van der Waals surface area (Å²) in [5.41, 5.74) is 0.152. The summed E-state index contributed by atoms with van der Waals surface area (Å²) in [6.07, 6.45) is -4.47. The second-order valence-corrected chi connectivity index (χ2v) is 7.26. The first-order valence-electron chi connectivity index (χ1n) is 6.85. The molecule has 0 saturated heterocycles. The number of hydrogen-bond acceptors (Lipinski definition) is 4. The Bertz CT molecular complexity index is 873. The molecule has 3 rings (SSSR count). The van der Waals surface area contributed by atoms with Crippen LogP contribution >= 0.6 is 23.1 Å². The molecule has 1 aromatic heterocycles. The lowest BCUT2D eigenvalue weighted by atomic mass is 10.2. The molecule has 0 fully saturated rings. The van der Waals surface area contributed by atoms with Gasteiger partial charge < -0.3 is 5.32 Å². The molecule has 0 radical (unpaired) electrons. The van der Waals surface area contributed by atoms with Crippen LogP contribution in [0.3, 0.4) is 0 Å². The quantitative estimate of drug-likeness (QED) is 0.671. The normalized spacial score (nSPS) is 11.7. The van der Waals surface area contributed by atoms with Gasteiger partial charge in [-0.2, -0.15) is 13.2 Å². The lowest BCUT2D eigenvalue weighted by Gasteiger charge is -2.12. The Hall–Kier alpha value is -2.06. The van der Waals surface area contributed by atoms with Crippen molar-refractivity contribution in [1.82, 2.24) is 4.98 Å². The molecular formula is C16H11F3N2OS2. The second kappa shape index (κ2) is 6.45. The zero-order valence-corrected chi connectivity index (χ0v) is 14.0. The molecule has 8 heteroatoms. The highest BCUT2D eigenvalue weighted by Gasteiger charge is 2.31. The number of aromatic nitrogens is 1. The number of para-hydroxylation sites is 1. The maximum absolute atomic E-state index is 12.9. The predicted molar refractivity (Wildman–Crippen MR) is 89.5 cm³/mol. The smallest absolute Gasteiger partial charge is 0.325 e. The maximum atomic E-state index is 12.9. The molecule has 0 bridgehead atoms. The third-order valence-corrected chi connectivity index (χ3v) is 5.26. The van der Waals surface area contributed by atoms with Gasteiger partial charge in [-0.05, 0) is 30.3 Å². The van der Waals surface area contributed by atoms with Crippen molar-refractivity contribution in [3.05, 3.63) is 48.0 Å². The van der Waals surface area contributed by atoms with Crippen LogP contribution in [0.2, 0.25) is 0 Å². The van der Waals surface area contributed by atoms with E-state index in [0.717, 1.165) is 22.3 Å². The maximum Gasteiger partial charge on any atom is 0.416 e. The van der Waals surface area contributed by atoms with Crippen LogP contribution in [0, 0.1) is 0 Å². The molecule has 124 valence electrons. The van der Waals surface area contributed by atoms with E-state index in [2.05, 4.69) is 10.3 Å². The fourth-order valence-corrected chi connectivity index (χ4v) is 4.16. The van der Waals surface area contributed by atoms with E-state index in [1.165, 1.54) is 36.1 Å². The number of halogens is 3. The Morgan fingerprint density at radius 1 is 1.21 bits per heavy atom. The van der Waals surface area contributed by atoms with E-state index in [1.54, 1.807) is 0 Å². The molecule has 0 aliphatic rings. The monoisotopic (exact) mass is 368 g/mol. The van der Waals surface area contributed by atoms with E-state index in [1.807, 2.05) is 24.3 Å². The van der Waals surface area contributed by atoms with E-state index in [4.69, 9.17) is 0 Å². The molecule has 1 amide bonds. The van der Waals surface area contributed by atoms with Crippen LogP contribution in [0.25, 0.3) is 10.2 Å². The molecule has 0 spiro atoms. The van der Waals surface area contributed by atoms with Gasteiger partial charge in [0.25, 0.3) is 0 Å². The van der Waals surface area contributed by atoms with Gasteiger partial charge in [-0.1, -0.05) is 23.9 Å². The SMILES string of the molecule is CC(=O)Nc1cc(C(F)(F)F)ccc1Sc1nc2ccccc2s1. The number of nitrogens with zero attached hydrogens (tertiary/aromatic N) is 1. The fraction of sp³-hybridized carbons (Fsp3) is 0.125. The molecule has 2 aromatic carbocycles. The van der Waals surface area contributed by atoms with Gasteiger partial charge in [-0.3, -0.25) is 4.79 Å².